The Balaban J connectivity index is 2.43. The Kier molecular flexibility index (Phi) is 3.08. The van der Waals surface area contributed by atoms with Crippen LogP contribution in [0.2, 0.25) is 0 Å². The lowest BCUT2D eigenvalue weighted by atomic mass is 10.2. The Morgan fingerprint density at radius 3 is 2.50 bits per heavy atom. The second-order valence-electron chi connectivity index (χ2n) is 3.62. The third kappa shape index (κ3) is 2.51. The Morgan fingerprint density at radius 2 is 1.94 bits per heavy atom. The van der Waals surface area contributed by atoms with E-state index in [1.165, 1.54) is 6.07 Å². The summed E-state index contributed by atoms with van der Waals surface area (Å²) in [5, 5.41) is 12.2. The van der Waals surface area contributed by atoms with Crippen molar-refractivity contribution in [3.05, 3.63) is 47.5 Å². The van der Waals surface area contributed by atoms with Gasteiger partial charge in [-0.25, -0.2) is 9.07 Å². The molecule has 0 aliphatic heterocycles. The van der Waals surface area contributed by atoms with Gasteiger partial charge in [-0.1, -0.05) is 0 Å². The minimum atomic E-state index is -4.54. The first kappa shape index (κ1) is 12.6. The molecule has 0 atom stereocenters. The molecule has 0 saturated heterocycles. The first-order chi connectivity index (χ1) is 8.40. The summed E-state index contributed by atoms with van der Waals surface area (Å²) in [4.78, 5) is 0. The van der Waals surface area contributed by atoms with Crippen LogP contribution in [-0.2, 0) is 12.8 Å². The van der Waals surface area contributed by atoms with Gasteiger partial charge in [0.25, 0.3) is 0 Å². The van der Waals surface area contributed by atoms with Gasteiger partial charge < -0.3 is 5.11 Å². The summed E-state index contributed by atoms with van der Waals surface area (Å²) in [6, 6.07) is 4.28. The summed E-state index contributed by atoms with van der Waals surface area (Å²) in [5.41, 5.74) is -0.680. The highest BCUT2D eigenvalue weighted by molar-refractivity contribution is 5.36. The molecule has 0 aliphatic rings. The van der Waals surface area contributed by atoms with Crippen LogP contribution in [0.1, 0.15) is 11.3 Å². The van der Waals surface area contributed by atoms with Crippen LogP contribution in [0.3, 0.4) is 0 Å². The first-order valence-corrected chi connectivity index (χ1v) is 4.94. The average molecular weight is 260 g/mol. The predicted octanol–water partition coefficient (Wildman–Crippen LogP) is 2.52. The van der Waals surface area contributed by atoms with Crippen LogP contribution in [0.25, 0.3) is 5.69 Å². The molecule has 0 fully saturated rings. The number of halogens is 4. The molecule has 0 unspecified atom stereocenters. The number of aliphatic hydroxyl groups excluding tert-OH is 1. The van der Waals surface area contributed by atoms with Gasteiger partial charge in [-0.15, -0.1) is 0 Å². The molecule has 0 bridgehead atoms. The zero-order valence-corrected chi connectivity index (χ0v) is 8.95. The predicted molar refractivity (Wildman–Crippen MR) is 54.4 cm³/mol. The molecule has 0 saturated carbocycles. The molecule has 1 N–H and O–H groups in total. The fourth-order valence-corrected chi connectivity index (χ4v) is 1.48. The molecule has 96 valence electrons. The Bertz CT molecular complexity index is 562. The van der Waals surface area contributed by atoms with Crippen LogP contribution in [0.4, 0.5) is 17.6 Å². The molecular weight excluding hydrogens is 252 g/mol. The molecule has 2 aromatic rings. The van der Waals surface area contributed by atoms with Gasteiger partial charge in [-0.05, 0) is 29.8 Å². The topological polar surface area (TPSA) is 38.0 Å². The van der Waals surface area contributed by atoms with Gasteiger partial charge in [0.05, 0.1) is 12.3 Å². The molecule has 18 heavy (non-hydrogen) atoms. The summed E-state index contributed by atoms with van der Waals surface area (Å²) in [5.74, 6) is -0.652. The maximum absolute atomic E-state index is 13.2. The molecule has 0 spiro atoms. The molecule has 3 nitrogen and oxygen atoms in total. The summed E-state index contributed by atoms with van der Waals surface area (Å²) < 4.78 is 51.1. The third-order valence-corrected chi connectivity index (χ3v) is 2.27. The van der Waals surface area contributed by atoms with E-state index in [2.05, 4.69) is 5.10 Å². The fourth-order valence-electron chi connectivity index (χ4n) is 1.48. The number of benzene rings is 1. The monoisotopic (exact) mass is 260 g/mol. The Hall–Kier alpha value is -1.89. The van der Waals surface area contributed by atoms with E-state index >= 15 is 0 Å². The summed E-state index contributed by atoms with van der Waals surface area (Å²) in [6.45, 7) is -0.405. The second kappa shape index (κ2) is 4.41. The summed E-state index contributed by atoms with van der Waals surface area (Å²) >= 11 is 0. The van der Waals surface area contributed by atoms with Crippen molar-refractivity contribution in [3.8, 4) is 5.69 Å². The van der Waals surface area contributed by atoms with E-state index in [1.54, 1.807) is 0 Å². The molecule has 1 heterocycles. The Labute approximate surface area is 99.3 Å². The van der Waals surface area contributed by atoms with Crippen molar-refractivity contribution in [1.29, 1.82) is 0 Å². The minimum Gasteiger partial charge on any atom is -0.392 e. The quantitative estimate of drug-likeness (QED) is 0.842. The standard InChI is InChI=1S/C11H8F4N2O/c12-8-3-7(6-18)4-9(5-8)17-2-1-10(16-17)11(13,14)15/h1-5,18H,6H2. The van der Waals surface area contributed by atoms with Gasteiger partial charge in [0, 0.05) is 6.20 Å². The minimum absolute atomic E-state index is 0.120. The normalized spacial score (nSPS) is 11.8. The number of hydrogen-bond donors (Lipinski definition) is 1. The van der Waals surface area contributed by atoms with E-state index < -0.39 is 24.3 Å². The molecule has 1 aromatic heterocycles. The number of aromatic nitrogens is 2. The zero-order chi connectivity index (χ0) is 13.3. The Morgan fingerprint density at radius 1 is 1.22 bits per heavy atom. The van der Waals surface area contributed by atoms with Crippen molar-refractivity contribution in [2.45, 2.75) is 12.8 Å². The van der Waals surface area contributed by atoms with E-state index in [0.29, 0.717) is 0 Å². The van der Waals surface area contributed by atoms with E-state index in [4.69, 9.17) is 5.11 Å². The summed E-state index contributed by atoms with van der Waals surface area (Å²) in [7, 11) is 0. The van der Waals surface area contributed by atoms with Crippen LogP contribution in [-0.4, -0.2) is 14.9 Å². The maximum Gasteiger partial charge on any atom is 0.435 e. The van der Waals surface area contributed by atoms with Gasteiger partial charge in [0.15, 0.2) is 5.69 Å². The van der Waals surface area contributed by atoms with Crippen LogP contribution in [0.15, 0.2) is 30.5 Å². The third-order valence-electron chi connectivity index (χ3n) is 2.27. The zero-order valence-electron chi connectivity index (χ0n) is 8.95. The second-order valence-corrected chi connectivity index (χ2v) is 3.62. The maximum atomic E-state index is 13.2. The smallest absolute Gasteiger partial charge is 0.392 e. The molecule has 0 amide bonds. The number of nitrogens with zero attached hydrogens (tertiary/aromatic N) is 2. The molecule has 0 radical (unpaired) electrons. The van der Waals surface area contributed by atoms with Gasteiger partial charge in [0.1, 0.15) is 5.82 Å². The van der Waals surface area contributed by atoms with Crippen molar-refractivity contribution in [2.75, 3.05) is 0 Å². The highest BCUT2D eigenvalue weighted by Gasteiger charge is 2.33. The van der Waals surface area contributed by atoms with Gasteiger partial charge >= 0.3 is 6.18 Å². The van der Waals surface area contributed by atoms with Gasteiger partial charge in [-0.3, -0.25) is 0 Å². The van der Waals surface area contributed by atoms with Crippen LogP contribution < -0.4 is 0 Å². The fraction of sp³-hybridized carbons (Fsp3) is 0.182. The van der Waals surface area contributed by atoms with Crippen molar-refractivity contribution in [2.24, 2.45) is 0 Å². The van der Waals surface area contributed by atoms with Crippen molar-refractivity contribution < 1.29 is 22.7 Å². The molecule has 0 aliphatic carbocycles. The van der Waals surface area contributed by atoms with E-state index in [1.807, 2.05) is 0 Å². The largest absolute Gasteiger partial charge is 0.435 e. The van der Waals surface area contributed by atoms with E-state index in [-0.39, 0.29) is 11.3 Å². The van der Waals surface area contributed by atoms with E-state index in [0.717, 1.165) is 29.1 Å². The van der Waals surface area contributed by atoms with Crippen LogP contribution >= 0.6 is 0 Å². The number of hydrogen-bond acceptors (Lipinski definition) is 2. The molecule has 7 heteroatoms. The lowest BCUT2D eigenvalue weighted by Gasteiger charge is -2.05. The molecule has 1 aromatic carbocycles. The van der Waals surface area contributed by atoms with Crippen molar-refractivity contribution in [3.63, 3.8) is 0 Å². The molecular formula is C11H8F4N2O. The van der Waals surface area contributed by atoms with E-state index in [9.17, 15) is 17.6 Å². The summed E-state index contributed by atoms with van der Waals surface area (Å²) in [6.07, 6.45) is -3.46. The number of alkyl halides is 3. The highest BCUT2D eigenvalue weighted by atomic mass is 19.4. The number of rotatable bonds is 2. The first-order valence-electron chi connectivity index (χ1n) is 4.94. The average Bonchev–Trinajstić information content (AvgIpc) is 2.77. The van der Waals surface area contributed by atoms with Crippen LogP contribution in [0.5, 0.6) is 0 Å². The highest BCUT2D eigenvalue weighted by Crippen LogP contribution is 2.28. The van der Waals surface area contributed by atoms with Crippen molar-refractivity contribution >= 4 is 0 Å². The van der Waals surface area contributed by atoms with Crippen molar-refractivity contribution in [1.82, 2.24) is 9.78 Å². The number of aliphatic hydroxyl groups is 1. The van der Waals surface area contributed by atoms with Gasteiger partial charge in [-0.2, -0.15) is 18.3 Å². The lowest BCUT2D eigenvalue weighted by Crippen LogP contribution is -2.07. The SMILES string of the molecule is OCc1cc(F)cc(-n2ccc(C(F)(F)F)n2)c1. The van der Waals surface area contributed by atoms with Crippen LogP contribution in [0, 0.1) is 5.82 Å². The lowest BCUT2D eigenvalue weighted by molar-refractivity contribution is -0.141. The van der Waals surface area contributed by atoms with Gasteiger partial charge in [0.2, 0.25) is 0 Å². The molecule has 2 rings (SSSR count).